The number of rotatable bonds is 1. The molecule has 1 saturated carbocycles. The molecule has 1 aliphatic carbocycles. The quantitative estimate of drug-likeness (QED) is 0.542. The maximum atomic E-state index is 2.43. The largest absolute Gasteiger partial charge is 0.122 e. The van der Waals surface area contributed by atoms with E-state index in [1.165, 1.54) is 53.5 Å². The summed E-state index contributed by atoms with van der Waals surface area (Å²) < 4.78 is 0. The molecule has 0 amide bonds. The van der Waals surface area contributed by atoms with Crippen LogP contribution in [0.15, 0.2) is 0 Å². The van der Waals surface area contributed by atoms with E-state index in [0.29, 0.717) is 0 Å². The minimum atomic E-state index is 1.00. The van der Waals surface area contributed by atoms with Gasteiger partial charge in [-0.2, -0.15) is 0 Å². The second-order valence-corrected chi connectivity index (χ2v) is 5.70. The lowest BCUT2D eigenvalue weighted by molar-refractivity contribution is 0.465. The first-order valence-electron chi connectivity index (χ1n) is 5.50. The average molecular weight is 186 g/mol. The predicted octanol–water partition coefficient (Wildman–Crippen LogP) is 4.04. The molecule has 0 aliphatic heterocycles. The highest BCUT2D eigenvalue weighted by Gasteiger charge is 2.10. The van der Waals surface area contributed by atoms with E-state index in [0.717, 1.165) is 11.6 Å². The molecule has 1 aliphatic rings. The molecule has 0 aromatic heterocycles. The van der Waals surface area contributed by atoms with E-state index in [-0.39, 0.29) is 0 Å². The minimum Gasteiger partial charge on any atom is -0.122 e. The fraction of sp³-hybridized carbons (Fsp3) is 1.00. The molecule has 0 bridgehead atoms. The minimum absolute atomic E-state index is 1.00. The van der Waals surface area contributed by atoms with Crippen LogP contribution < -0.4 is 0 Å². The van der Waals surface area contributed by atoms with E-state index in [4.69, 9.17) is 0 Å². The van der Waals surface area contributed by atoms with Gasteiger partial charge >= 0.3 is 0 Å². The van der Waals surface area contributed by atoms with E-state index >= 15 is 0 Å². The summed E-state index contributed by atoms with van der Waals surface area (Å²) in [5, 5.41) is 0. The Bertz CT molecular complexity index is 112. The molecule has 0 N–H and O–H groups in total. The van der Waals surface area contributed by atoms with Gasteiger partial charge in [-0.15, -0.1) is 8.58 Å². The van der Waals surface area contributed by atoms with Crippen LogP contribution in [0.1, 0.15) is 51.9 Å². The van der Waals surface area contributed by atoms with Crippen molar-refractivity contribution >= 4 is 8.58 Å². The molecule has 1 rings (SSSR count). The topological polar surface area (TPSA) is 0 Å². The molecule has 1 fully saturated rings. The van der Waals surface area contributed by atoms with Crippen LogP contribution in [0.5, 0.6) is 0 Å². The Morgan fingerprint density at radius 2 is 1.50 bits per heavy atom. The smallest absolute Gasteiger partial charge is 0.0239 e. The highest BCUT2D eigenvalue weighted by atomic mass is 31.1. The summed E-state index contributed by atoms with van der Waals surface area (Å²) >= 11 is 0. The molecule has 1 heteroatoms. The average Bonchev–Trinajstić information content (AvgIpc) is 2.17. The van der Waals surface area contributed by atoms with Crippen LogP contribution in [0.25, 0.3) is 0 Å². The molecular formula is C11H23P. The first kappa shape index (κ1) is 10.5. The van der Waals surface area contributed by atoms with E-state index in [1.54, 1.807) is 0 Å². The third-order valence-electron chi connectivity index (χ3n) is 3.16. The molecule has 12 heavy (non-hydrogen) atoms. The lowest BCUT2D eigenvalue weighted by atomic mass is 9.99. The second kappa shape index (κ2) is 5.97. The van der Waals surface area contributed by atoms with Crippen LogP contribution in [0, 0.1) is 5.92 Å². The molecule has 0 spiro atoms. The van der Waals surface area contributed by atoms with Crippen molar-refractivity contribution in [1.82, 2.24) is 0 Å². The van der Waals surface area contributed by atoms with Gasteiger partial charge in [0.25, 0.3) is 0 Å². The summed E-state index contributed by atoms with van der Waals surface area (Å²) in [6, 6.07) is 0. The Labute approximate surface area is 79.3 Å². The van der Waals surface area contributed by atoms with Crippen molar-refractivity contribution in [1.29, 1.82) is 0 Å². The maximum absolute atomic E-state index is 2.43. The second-order valence-electron chi connectivity index (χ2n) is 4.31. The van der Waals surface area contributed by atoms with Gasteiger partial charge < -0.3 is 0 Å². The Morgan fingerprint density at radius 3 is 2.25 bits per heavy atom. The lowest BCUT2D eigenvalue weighted by Crippen LogP contribution is -1.99. The lowest BCUT2D eigenvalue weighted by Gasteiger charge is -2.12. The van der Waals surface area contributed by atoms with Crippen molar-refractivity contribution < 1.29 is 0 Å². The highest BCUT2D eigenvalue weighted by molar-refractivity contribution is 7.37. The van der Waals surface area contributed by atoms with E-state index in [2.05, 4.69) is 13.6 Å². The van der Waals surface area contributed by atoms with Crippen molar-refractivity contribution in [2.45, 2.75) is 57.5 Å². The van der Waals surface area contributed by atoms with Crippen LogP contribution in [0.2, 0.25) is 0 Å². The molecule has 0 aromatic rings. The zero-order valence-corrected chi connectivity index (χ0v) is 9.60. The Morgan fingerprint density at radius 1 is 0.917 bits per heavy atom. The predicted molar refractivity (Wildman–Crippen MR) is 59.5 cm³/mol. The van der Waals surface area contributed by atoms with Gasteiger partial charge in [0, 0.05) is 0 Å². The summed E-state index contributed by atoms with van der Waals surface area (Å²) in [6.07, 6.45) is 10.5. The van der Waals surface area contributed by atoms with Gasteiger partial charge in [0.2, 0.25) is 0 Å². The third kappa shape index (κ3) is 3.90. The van der Waals surface area contributed by atoms with Crippen LogP contribution in [0.4, 0.5) is 0 Å². The molecule has 72 valence electrons. The molecule has 0 heterocycles. The van der Waals surface area contributed by atoms with Gasteiger partial charge in [0.1, 0.15) is 0 Å². The van der Waals surface area contributed by atoms with Crippen molar-refractivity contribution in [2.24, 2.45) is 5.92 Å². The highest BCUT2D eigenvalue weighted by Crippen LogP contribution is 2.29. The Balaban J connectivity index is 2.26. The van der Waals surface area contributed by atoms with E-state index < -0.39 is 0 Å². The molecule has 0 nitrogen and oxygen atoms in total. The molecule has 3 unspecified atom stereocenters. The van der Waals surface area contributed by atoms with Gasteiger partial charge in [-0.05, 0) is 31.1 Å². The van der Waals surface area contributed by atoms with Gasteiger partial charge in [-0.3, -0.25) is 0 Å². The van der Waals surface area contributed by atoms with Crippen LogP contribution in [-0.4, -0.2) is 12.3 Å². The van der Waals surface area contributed by atoms with Crippen LogP contribution in [-0.2, 0) is 0 Å². The molecule has 0 saturated heterocycles. The fourth-order valence-corrected chi connectivity index (χ4v) is 3.16. The SMILES string of the molecule is CPC1CCCCC(C)CCC1. The van der Waals surface area contributed by atoms with Crippen molar-refractivity contribution in [3.8, 4) is 0 Å². The van der Waals surface area contributed by atoms with Crippen LogP contribution >= 0.6 is 8.58 Å². The first-order valence-corrected chi connectivity index (χ1v) is 7.08. The van der Waals surface area contributed by atoms with Crippen molar-refractivity contribution in [2.75, 3.05) is 6.66 Å². The Kier molecular flexibility index (Phi) is 5.23. The molecule has 0 radical (unpaired) electrons. The zero-order chi connectivity index (χ0) is 8.81. The standard InChI is InChI=1S/C11H23P/c1-10-6-3-4-8-11(12-2)9-5-7-10/h10-12H,3-9H2,1-2H3. The van der Waals surface area contributed by atoms with E-state index in [1.807, 2.05) is 0 Å². The summed E-state index contributed by atoms with van der Waals surface area (Å²) in [6.45, 7) is 4.81. The normalized spacial score (nSPS) is 34.5. The first-order chi connectivity index (χ1) is 5.83. The van der Waals surface area contributed by atoms with Gasteiger partial charge in [0.05, 0.1) is 0 Å². The van der Waals surface area contributed by atoms with Gasteiger partial charge in [-0.1, -0.05) is 39.0 Å². The molecular weight excluding hydrogens is 163 g/mol. The summed E-state index contributed by atoms with van der Waals surface area (Å²) in [5.41, 5.74) is 1.08. The number of hydrogen-bond acceptors (Lipinski definition) is 0. The van der Waals surface area contributed by atoms with Crippen LogP contribution in [0.3, 0.4) is 0 Å². The molecule has 0 aromatic carbocycles. The Hall–Kier alpha value is 0.430. The summed E-state index contributed by atoms with van der Waals surface area (Å²) in [4.78, 5) is 0. The van der Waals surface area contributed by atoms with Gasteiger partial charge in [-0.25, -0.2) is 0 Å². The van der Waals surface area contributed by atoms with E-state index in [9.17, 15) is 0 Å². The zero-order valence-electron chi connectivity index (χ0n) is 8.60. The monoisotopic (exact) mass is 186 g/mol. The van der Waals surface area contributed by atoms with Crippen molar-refractivity contribution in [3.05, 3.63) is 0 Å². The van der Waals surface area contributed by atoms with Gasteiger partial charge in [0.15, 0.2) is 0 Å². The maximum Gasteiger partial charge on any atom is -0.0239 e. The van der Waals surface area contributed by atoms with Crippen molar-refractivity contribution in [3.63, 3.8) is 0 Å². The number of hydrogen-bond donors (Lipinski definition) is 0. The summed E-state index contributed by atoms with van der Waals surface area (Å²) in [7, 11) is 1.19. The fourth-order valence-electron chi connectivity index (χ4n) is 2.17. The molecule has 3 atom stereocenters. The third-order valence-corrected chi connectivity index (χ3v) is 4.55. The summed E-state index contributed by atoms with van der Waals surface area (Å²) in [5.74, 6) is 1.00.